The minimum atomic E-state index is -1.39. The monoisotopic (exact) mass is 372 g/mol. The molecule has 0 aliphatic carbocycles. The van der Waals surface area contributed by atoms with Gasteiger partial charge in [-0.1, -0.05) is 0 Å². The number of benzene rings is 1. The number of imide groups is 1. The van der Waals surface area contributed by atoms with Gasteiger partial charge < -0.3 is 19.7 Å². The van der Waals surface area contributed by atoms with Crippen molar-refractivity contribution in [3.8, 4) is 17.2 Å². The Morgan fingerprint density at radius 1 is 1.22 bits per heavy atom. The molecule has 0 bridgehead atoms. The fourth-order valence-electron chi connectivity index (χ4n) is 2.57. The number of rotatable bonds is 5. The normalized spacial score (nSPS) is 15.8. The van der Waals surface area contributed by atoms with Gasteiger partial charge in [-0.2, -0.15) is 0 Å². The number of phenolic OH excluding ortho intramolecular Hbond substituents is 1. The van der Waals surface area contributed by atoms with Crippen LogP contribution in [0.5, 0.6) is 17.2 Å². The Kier molecular flexibility index (Phi) is 5.51. The van der Waals surface area contributed by atoms with Crippen LogP contribution in [0.25, 0.3) is 10.9 Å². The van der Waals surface area contributed by atoms with Gasteiger partial charge in [0.2, 0.25) is 0 Å². The Morgan fingerprint density at radius 2 is 1.85 bits per heavy atom. The Morgan fingerprint density at radius 3 is 2.37 bits per heavy atom. The van der Waals surface area contributed by atoms with Crippen LogP contribution in [0.15, 0.2) is 29.0 Å². The second-order valence-corrected chi connectivity index (χ2v) is 5.50. The predicted molar refractivity (Wildman–Crippen MR) is 92.8 cm³/mol. The lowest BCUT2D eigenvalue weighted by molar-refractivity contribution is -0.149. The SMILES string of the molecule is [C-]#[N+]C1=C(C)/C(=C/c2cc(OC)c(O)cc2OC)C(=O)N(CC(=O)O)C1=O. The van der Waals surface area contributed by atoms with E-state index in [2.05, 4.69) is 4.85 Å². The number of nitrogens with zero attached hydrogens (tertiary/aromatic N) is 2. The van der Waals surface area contributed by atoms with Crippen molar-refractivity contribution >= 4 is 23.9 Å². The van der Waals surface area contributed by atoms with Gasteiger partial charge in [-0.25, -0.2) is 4.85 Å². The number of methoxy groups -OCH3 is 2. The number of amides is 2. The van der Waals surface area contributed by atoms with Crippen molar-refractivity contribution in [1.29, 1.82) is 0 Å². The molecule has 0 saturated carbocycles. The molecule has 0 saturated heterocycles. The Labute approximate surface area is 154 Å². The van der Waals surface area contributed by atoms with Gasteiger partial charge in [0.05, 0.1) is 20.8 Å². The summed E-state index contributed by atoms with van der Waals surface area (Å²) in [5.41, 5.74) is 0.0826. The first-order valence-corrected chi connectivity index (χ1v) is 7.58. The van der Waals surface area contributed by atoms with E-state index in [0.717, 1.165) is 0 Å². The lowest BCUT2D eigenvalue weighted by Crippen LogP contribution is -2.45. The first-order chi connectivity index (χ1) is 12.7. The summed E-state index contributed by atoms with van der Waals surface area (Å²) in [6.45, 7) is 7.76. The number of aliphatic carboxylic acids is 1. The van der Waals surface area contributed by atoms with Gasteiger partial charge in [0.15, 0.2) is 11.5 Å². The molecule has 0 atom stereocenters. The maximum Gasteiger partial charge on any atom is 0.323 e. The number of carboxylic acids is 1. The minimum absolute atomic E-state index is 0.0344. The van der Waals surface area contributed by atoms with E-state index < -0.39 is 24.3 Å². The number of carboxylic acid groups (broad SMARTS) is 1. The van der Waals surface area contributed by atoms with Gasteiger partial charge in [0.1, 0.15) is 12.3 Å². The number of aromatic hydroxyl groups is 1. The van der Waals surface area contributed by atoms with E-state index in [1.807, 2.05) is 0 Å². The molecule has 1 aliphatic heterocycles. The van der Waals surface area contributed by atoms with Gasteiger partial charge in [0.25, 0.3) is 17.5 Å². The zero-order valence-electron chi connectivity index (χ0n) is 14.8. The molecule has 0 aromatic heterocycles. The fraction of sp³-hybridized carbons (Fsp3) is 0.222. The number of hydrogen-bond donors (Lipinski definition) is 2. The largest absolute Gasteiger partial charge is 0.504 e. The van der Waals surface area contributed by atoms with Crippen LogP contribution in [0, 0.1) is 6.57 Å². The third kappa shape index (κ3) is 3.59. The van der Waals surface area contributed by atoms with Crippen LogP contribution in [0.2, 0.25) is 0 Å². The zero-order chi connectivity index (χ0) is 20.3. The number of carbonyl (C=O) groups excluding carboxylic acids is 2. The highest BCUT2D eigenvalue weighted by atomic mass is 16.5. The average Bonchev–Trinajstić information content (AvgIpc) is 2.63. The standard InChI is InChI=1S/C18H16N2O7/c1-9-11(5-10-6-14(27-4)12(21)7-13(10)26-3)17(24)20(8-15(22)23)18(25)16(9)19-2/h5-7,21H,8H2,1,3-4H3,(H,22,23)/b11-5-. The summed E-state index contributed by atoms with van der Waals surface area (Å²) in [6, 6.07) is 2.70. The molecule has 0 unspecified atom stereocenters. The van der Waals surface area contributed by atoms with Gasteiger partial charge >= 0.3 is 5.97 Å². The summed E-state index contributed by atoms with van der Waals surface area (Å²) in [7, 11) is 2.71. The van der Waals surface area contributed by atoms with Crippen LogP contribution in [0.3, 0.4) is 0 Å². The van der Waals surface area contributed by atoms with E-state index in [9.17, 15) is 19.5 Å². The second-order valence-electron chi connectivity index (χ2n) is 5.50. The Balaban J connectivity index is 2.70. The van der Waals surface area contributed by atoms with Crippen molar-refractivity contribution in [2.75, 3.05) is 20.8 Å². The highest BCUT2D eigenvalue weighted by molar-refractivity contribution is 6.19. The van der Waals surface area contributed by atoms with Gasteiger partial charge in [-0.05, 0) is 24.6 Å². The van der Waals surface area contributed by atoms with Gasteiger partial charge in [0, 0.05) is 17.2 Å². The second kappa shape index (κ2) is 7.61. The highest BCUT2D eigenvalue weighted by Crippen LogP contribution is 2.36. The first kappa shape index (κ1) is 19.5. The van der Waals surface area contributed by atoms with Crippen molar-refractivity contribution in [3.63, 3.8) is 0 Å². The van der Waals surface area contributed by atoms with E-state index in [4.69, 9.17) is 21.2 Å². The number of ether oxygens (including phenoxy) is 2. The molecule has 0 fully saturated rings. The van der Waals surface area contributed by atoms with Crippen molar-refractivity contribution in [2.45, 2.75) is 6.92 Å². The maximum atomic E-state index is 12.7. The summed E-state index contributed by atoms with van der Waals surface area (Å²) in [5.74, 6) is -3.03. The minimum Gasteiger partial charge on any atom is -0.504 e. The summed E-state index contributed by atoms with van der Waals surface area (Å²) in [5, 5.41) is 18.8. The van der Waals surface area contributed by atoms with Gasteiger partial charge in [-0.15, -0.1) is 0 Å². The molecule has 0 spiro atoms. The van der Waals surface area contributed by atoms with Gasteiger partial charge in [-0.3, -0.25) is 19.3 Å². The van der Waals surface area contributed by atoms with Crippen LogP contribution in [-0.4, -0.2) is 53.7 Å². The van der Waals surface area contributed by atoms with E-state index in [0.29, 0.717) is 10.5 Å². The molecule has 9 heteroatoms. The van der Waals surface area contributed by atoms with E-state index in [1.165, 1.54) is 39.4 Å². The third-order valence-electron chi connectivity index (χ3n) is 3.92. The number of phenols is 1. The molecule has 2 amide bonds. The molecule has 27 heavy (non-hydrogen) atoms. The average molecular weight is 372 g/mol. The summed E-state index contributed by atoms with van der Waals surface area (Å²) in [4.78, 5) is 39.6. The quantitative estimate of drug-likeness (QED) is 0.456. The maximum absolute atomic E-state index is 12.7. The predicted octanol–water partition coefficient (Wildman–Crippen LogP) is 1.44. The summed E-state index contributed by atoms with van der Waals surface area (Å²) >= 11 is 0. The molecule has 2 rings (SSSR count). The first-order valence-electron chi connectivity index (χ1n) is 7.58. The lowest BCUT2D eigenvalue weighted by atomic mass is 9.96. The third-order valence-corrected chi connectivity index (χ3v) is 3.92. The van der Waals surface area contributed by atoms with Crippen molar-refractivity contribution < 1.29 is 34.1 Å². The van der Waals surface area contributed by atoms with Crippen LogP contribution in [-0.2, 0) is 14.4 Å². The van der Waals surface area contributed by atoms with Crippen LogP contribution in [0.1, 0.15) is 12.5 Å². The Bertz CT molecular complexity index is 938. The molecular weight excluding hydrogens is 356 g/mol. The molecule has 0 radical (unpaired) electrons. The molecule has 140 valence electrons. The molecule has 1 aromatic rings. The van der Waals surface area contributed by atoms with Crippen molar-refractivity contribution in [3.05, 3.63) is 46.0 Å². The summed E-state index contributed by atoms with van der Waals surface area (Å²) in [6.07, 6.45) is 1.35. The summed E-state index contributed by atoms with van der Waals surface area (Å²) < 4.78 is 10.2. The van der Waals surface area contributed by atoms with Crippen molar-refractivity contribution in [2.24, 2.45) is 0 Å². The molecule has 1 aliphatic rings. The van der Waals surface area contributed by atoms with E-state index in [1.54, 1.807) is 0 Å². The molecule has 1 heterocycles. The highest BCUT2D eigenvalue weighted by Gasteiger charge is 2.36. The molecule has 1 aromatic carbocycles. The smallest absolute Gasteiger partial charge is 0.323 e. The van der Waals surface area contributed by atoms with E-state index >= 15 is 0 Å². The molecular formula is C18H16N2O7. The number of carbonyl (C=O) groups is 3. The Hall–Kier alpha value is -3.80. The zero-order valence-corrected chi connectivity index (χ0v) is 14.8. The van der Waals surface area contributed by atoms with E-state index in [-0.39, 0.29) is 34.1 Å². The molecule has 9 nitrogen and oxygen atoms in total. The van der Waals surface area contributed by atoms with Crippen molar-refractivity contribution in [1.82, 2.24) is 4.90 Å². The number of hydrogen-bond acceptors (Lipinski definition) is 6. The lowest BCUT2D eigenvalue weighted by Gasteiger charge is -2.26. The van der Waals surface area contributed by atoms with Crippen LogP contribution < -0.4 is 9.47 Å². The van der Waals surface area contributed by atoms with Crippen LogP contribution in [0.4, 0.5) is 0 Å². The topological polar surface area (TPSA) is 118 Å². The van der Waals surface area contributed by atoms with Crippen LogP contribution >= 0.6 is 0 Å². The fourth-order valence-corrected chi connectivity index (χ4v) is 2.57. The molecule has 2 N–H and O–H groups in total.